The number of nitrogens with one attached hydrogen (secondary N) is 4. The number of amides is 5. The van der Waals surface area contributed by atoms with Crippen LogP contribution in [0.1, 0.15) is 68.6 Å². The number of aliphatic hydroxyl groups excluding tert-OH is 1. The first-order chi connectivity index (χ1) is 19.3. The molecule has 1 aromatic rings. The largest absolute Gasteiger partial charge is 0.381 e. The summed E-state index contributed by atoms with van der Waals surface area (Å²) in [5, 5.41) is 22.0. The number of rotatable bonds is 10. The zero-order chi connectivity index (χ0) is 29.9. The normalized spacial score (nSPS) is 23.7. The molecule has 13 heteroatoms. The Bertz CT molecular complexity index is 1160. The molecule has 3 fully saturated rings. The number of urea groups is 1. The maximum Gasteiger partial charge on any atom is 0.321 e. The summed E-state index contributed by atoms with van der Waals surface area (Å²) < 4.78 is 27.0. The van der Waals surface area contributed by atoms with Crippen LogP contribution in [-0.2, 0) is 9.59 Å². The standard InChI is InChI=1S/C28H38ClF2N5O5/c1-15-11-17(24(38)32-15)12-22(23(37)26(40)33-19-4-5-19)34-25(39)20-13-18(29)3-6-21(20)35-27(41)36(2)14-16-7-9-28(30,31)10-8-16/h3,6,13,15-17,19,22-23,37H,4-5,7-12,14H2,1-2H3,(H,32,38)(H,33,40)(H,34,39)(H,35,41)/t15-,17+,22+,23?/m1/s1. The molecule has 0 aromatic heterocycles. The Morgan fingerprint density at radius 2 is 1.88 bits per heavy atom. The van der Waals surface area contributed by atoms with E-state index in [0.29, 0.717) is 19.3 Å². The average molecular weight is 598 g/mol. The number of hydrogen-bond donors (Lipinski definition) is 5. The van der Waals surface area contributed by atoms with Gasteiger partial charge in [-0.3, -0.25) is 14.4 Å². The molecule has 0 spiro atoms. The third-order valence-electron chi connectivity index (χ3n) is 8.01. The molecule has 1 unspecified atom stereocenters. The van der Waals surface area contributed by atoms with Crippen LogP contribution >= 0.6 is 11.6 Å². The van der Waals surface area contributed by atoms with Gasteiger partial charge in [0.1, 0.15) is 0 Å². The molecular weight excluding hydrogens is 560 g/mol. The summed E-state index contributed by atoms with van der Waals surface area (Å²) in [6.45, 7) is 2.13. The van der Waals surface area contributed by atoms with Crippen LogP contribution in [-0.4, -0.2) is 77.5 Å². The van der Waals surface area contributed by atoms with Gasteiger partial charge in [0.25, 0.3) is 11.8 Å². The number of nitrogens with zero attached hydrogens (tertiary/aromatic N) is 1. The Morgan fingerprint density at radius 3 is 2.49 bits per heavy atom. The molecule has 1 saturated heterocycles. The maximum atomic E-state index is 13.5. The lowest BCUT2D eigenvalue weighted by Crippen LogP contribution is -2.52. The summed E-state index contributed by atoms with van der Waals surface area (Å²) >= 11 is 6.17. The lowest BCUT2D eigenvalue weighted by molar-refractivity contribution is -0.132. The van der Waals surface area contributed by atoms with Gasteiger partial charge in [-0.25, -0.2) is 13.6 Å². The minimum absolute atomic E-state index is 0.000557. The summed E-state index contributed by atoms with van der Waals surface area (Å²) in [5.74, 6) is -4.77. The van der Waals surface area contributed by atoms with E-state index in [1.165, 1.54) is 23.1 Å². The maximum absolute atomic E-state index is 13.5. The minimum Gasteiger partial charge on any atom is -0.381 e. The molecule has 1 aromatic carbocycles. The predicted molar refractivity (Wildman–Crippen MR) is 149 cm³/mol. The van der Waals surface area contributed by atoms with Crippen molar-refractivity contribution in [3.05, 3.63) is 28.8 Å². The van der Waals surface area contributed by atoms with E-state index in [9.17, 15) is 33.1 Å². The zero-order valence-corrected chi connectivity index (χ0v) is 24.0. The molecule has 5 N–H and O–H groups in total. The number of aliphatic hydroxyl groups is 1. The molecule has 1 heterocycles. The number of anilines is 1. The Morgan fingerprint density at radius 1 is 1.20 bits per heavy atom. The lowest BCUT2D eigenvalue weighted by atomic mass is 9.86. The van der Waals surface area contributed by atoms with Gasteiger partial charge < -0.3 is 31.3 Å². The zero-order valence-electron chi connectivity index (χ0n) is 23.2. The molecule has 41 heavy (non-hydrogen) atoms. The average Bonchev–Trinajstić information content (AvgIpc) is 3.67. The summed E-state index contributed by atoms with van der Waals surface area (Å²) in [7, 11) is 1.55. The van der Waals surface area contributed by atoms with Crippen LogP contribution in [0.3, 0.4) is 0 Å². The fourth-order valence-corrected chi connectivity index (χ4v) is 5.62. The second-order valence-electron chi connectivity index (χ2n) is 11.7. The van der Waals surface area contributed by atoms with Gasteiger partial charge in [-0.2, -0.15) is 0 Å². The van der Waals surface area contributed by atoms with Crippen LogP contribution in [0, 0.1) is 11.8 Å². The summed E-state index contributed by atoms with van der Waals surface area (Å²) in [4.78, 5) is 52.9. The van der Waals surface area contributed by atoms with Gasteiger partial charge in [0.05, 0.1) is 17.3 Å². The summed E-state index contributed by atoms with van der Waals surface area (Å²) in [6.07, 6.45) is 0.761. The third-order valence-corrected chi connectivity index (χ3v) is 8.24. The molecule has 1 aliphatic heterocycles. The van der Waals surface area contributed by atoms with Crippen molar-refractivity contribution in [3.8, 4) is 0 Å². The quantitative estimate of drug-likeness (QED) is 0.282. The predicted octanol–water partition coefficient (Wildman–Crippen LogP) is 3.28. The topological polar surface area (TPSA) is 140 Å². The molecule has 3 aliphatic rings. The Labute approximate surface area is 242 Å². The SMILES string of the molecule is C[C@@H]1C[C@@H](C[C@H](NC(=O)c2cc(Cl)ccc2NC(=O)N(C)CC2CCC(F)(F)CC2)C(O)C(=O)NC2CC2)C(=O)N1. The van der Waals surface area contributed by atoms with Crippen molar-refractivity contribution in [2.24, 2.45) is 11.8 Å². The summed E-state index contributed by atoms with van der Waals surface area (Å²) in [6, 6.07) is 2.61. The first kappa shape index (κ1) is 31.0. The Balaban J connectivity index is 1.45. The molecule has 5 amide bonds. The van der Waals surface area contributed by atoms with Crippen molar-refractivity contribution in [2.75, 3.05) is 18.9 Å². The number of halogens is 3. The fourth-order valence-electron chi connectivity index (χ4n) is 5.45. The van der Waals surface area contributed by atoms with Crippen LogP contribution in [0.2, 0.25) is 5.02 Å². The van der Waals surface area contributed by atoms with Crippen LogP contribution < -0.4 is 21.3 Å². The number of benzene rings is 1. The minimum atomic E-state index is -2.66. The first-order valence-electron chi connectivity index (χ1n) is 14.1. The summed E-state index contributed by atoms with van der Waals surface area (Å²) in [5.41, 5.74) is 0.141. The van der Waals surface area contributed by atoms with E-state index < -0.39 is 41.8 Å². The molecule has 0 bridgehead atoms. The Kier molecular flexibility index (Phi) is 9.73. The van der Waals surface area contributed by atoms with Crippen LogP contribution in [0.4, 0.5) is 19.3 Å². The molecule has 0 radical (unpaired) electrons. The van der Waals surface area contributed by atoms with E-state index in [2.05, 4.69) is 21.3 Å². The molecular formula is C28H38ClF2N5O5. The number of carbonyl (C=O) groups is 4. The van der Waals surface area contributed by atoms with Crippen LogP contribution in [0.15, 0.2) is 18.2 Å². The van der Waals surface area contributed by atoms with Crippen molar-refractivity contribution in [3.63, 3.8) is 0 Å². The van der Waals surface area contributed by atoms with E-state index >= 15 is 0 Å². The van der Waals surface area contributed by atoms with Crippen LogP contribution in [0.25, 0.3) is 0 Å². The van der Waals surface area contributed by atoms with Gasteiger partial charge in [-0.1, -0.05) is 11.6 Å². The fraction of sp³-hybridized carbons (Fsp3) is 0.643. The highest BCUT2D eigenvalue weighted by molar-refractivity contribution is 6.31. The van der Waals surface area contributed by atoms with E-state index in [1.54, 1.807) is 7.05 Å². The first-order valence-corrected chi connectivity index (χ1v) is 14.5. The van der Waals surface area contributed by atoms with E-state index in [4.69, 9.17) is 11.6 Å². The second kappa shape index (κ2) is 12.9. The smallest absolute Gasteiger partial charge is 0.321 e. The molecule has 2 saturated carbocycles. The Hall–Kier alpha value is -2.99. The molecule has 4 rings (SSSR count). The van der Waals surface area contributed by atoms with Gasteiger partial charge in [0, 0.05) is 49.5 Å². The van der Waals surface area contributed by atoms with Crippen LogP contribution in [0.5, 0.6) is 0 Å². The van der Waals surface area contributed by atoms with Crippen molar-refractivity contribution in [1.82, 2.24) is 20.9 Å². The molecule has 2 aliphatic carbocycles. The van der Waals surface area contributed by atoms with Gasteiger partial charge >= 0.3 is 6.03 Å². The lowest BCUT2D eigenvalue weighted by Gasteiger charge is -2.31. The molecule has 226 valence electrons. The van der Waals surface area contributed by atoms with Crippen molar-refractivity contribution >= 4 is 41.0 Å². The third kappa shape index (κ3) is 8.51. The molecule has 10 nitrogen and oxygen atoms in total. The molecule has 4 atom stereocenters. The van der Waals surface area contributed by atoms with Crippen molar-refractivity contribution < 1.29 is 33.1 Å². The number of hydrogen-bond acceptors (Lipinski definition) is 5. The van der Waals surface area contributed by atoms with Gasteiger partial charge in [0.2, 0.25) is 11.8 Å². The van der Waals surface area contributed by atoms with E-state index in [0.717, 1.165) is 12.8 Å². The highest BCUT2D eigenvalue weighted by Crippen LogP contribution is 2.36. The van der Waals surface area contributed by atoms with Crippen molar-refractivity contribution in [1.29, 1.82) is 0 Å². The van der Waals surface area contributed by atoms with E-state index in [1.807, 2.05) is 6.92 Å². The number of alkyl halides is 2. The highest BCUT2D eigenvalue weighted by atomic mass is 35.5. The van der Waals surface area contributed by atoms with Gasteiger partial charge in [-0.15, -0.1) is 0 Å². The van der Waals surface area contributed by atoms with Crippen molar-refractivity contribution in [2.45, 2.75) is 88.4 Å². The highest BCUT2D eigenvalue weighted by Gasteiger charge is 2.38. The van der Waals surface area contributed by atoms with Gasteiger partial charge in [0.15, 0.2) is 6.10 Å². The monoisotopic (exact) mass is 597 g/mol. The number of carbonyl (C=O) groups excluding carboxylic acids is 4. The second-order valence-corrected chi connectivity index (χ2v) is 12.1. The van der Waals surface area contributed by atoms with Gasteiger partial charge in [-0.05, 0) is 69.6 Å². The van der Waals surface area contributed by atoms with E-state index in [-0.39, 0.29) is 66.0 Å².